The van der Waals surface area contributed by atoms with Crippen molar-refractivity contribution in [3.8, 4) is 11.8 Å². The highest BCUT2D eigenvalue weighted by atomic mass is 16.2. The van der Waals surface area contributed by atoms with Crippen molar-refractivity contribution in [2.45, 2.75) is 6.54 Å². The van der Waals surface area contributed by atoms with Gasteiger partial charge >= 0.3 is 6.03 Å². The number of nitrogens with zero attached hydrogens (tertiary/aromatic N) is 2. The number of urea groups is 1. The number of amides is 3. The minimum Gasteiger partial charge on any atom is -0.320 e. The van der Waals surface area contributed by atoms with Gasteiger partial charge in [0, 0.05) is 12.6 Å². The van der Waals surface area contributed by atoms with Crippen LogP contribution in [0.3, 0.4) is 0 Å². The quantitative estimate of drug-likeness (QED) is 0.615. The number of carbonyl (C=O) groups excluding carboxylic acids is 2. The van der Waals surface area contributed by atoms with E-state index >= 15 is 0 Å². The van der Waals surface area contributed by atoms with Gasteiger partial charge in [-0.2, -0.15) is 0 Å². The van der Waals surface area contributed by atoms with Crippen LogP contribution < -0.4 is 5.73 Å². The summed E-state index contributed by atoms with van der Waals surface area (Å²) in [4.78, 5) is 26.0. The van der Waals surface area contributed by atoms with Crippen molar-refractivity contribution >= 4 is 11.9 Å². The average Bonchev–Trinajstić information content (AvgIpc) is 2.64. The maximum Gasteiger partial charge on any atom is 0.327 e. The summed E-state index contributed by atoms with van der Waals surface area (Å²) in [6.45, 7) is 0.774. The Kier molecular flexibility index (Phi) is 3.83. The minimum absolute atomic E-state index is 0.152. The molecule has 0 atom stereocenters. The lowest BCUT2D eigenvalue weighted by Crippen LogP contribution is -2.30. The highest BCUT2D eigenvalue weighted by Crippen LogP contribution is 2.13. The summed E-state index contributed by atoms with van der Waals surface area (Å²) in [6, 6.07) is 7.18. The van der Waals surface area contributed by atoms with E-state index in [2.05, 4.69) is 11.8 Å². The molecule has 2 rings (SSSR count). The zero-order chi connectivity index (χ0) is 13.8. The number of rotatable bonds is 2. The highest BCUT2D eigenvalue weighted by Gasteiger charge is 2.33. The number of hydrogen-bond acceptors (Lipinski definition) is 3. The Balaban J connectivity index is 2.08. The largest absolute Gasteiger partial charge is 0.327 e. The Labute approximate surface area is 112 Å². The second-order valence-corrected chi connectivity index (χ2v) is 4.32. The number of benzene rings is 1. The third-order valence-corrected chi connectivity index (χ3v) is 2.86. The van der Waals surface area contributed by atoms with Crippen LogP contribution in [0.2, 0.25) is 0 Å². The molecular formula is C14H15N3O2. The number of likely N-dealkylation sites (N-methyl/N-ethyl adjacent to an activating group) is 1. The summed E-state index contributed by atoms with van der Waals surface area (Å²) in [7, 11) is 1.62. The van der Waals surface area contributed by atoms with Crippen molar-refractivity contribution in [3.63, 3.8) is 0 Å². The Morgan fingerprint density at radius 1 is 1.26 bits per heavy atom. The van der Waals surface area contributed by atoms with Gasteiger partial charge in [0.05, 0.1) is 13.1 Å². The van der Waals surface area contributed by atoms with Crippen molar-refractivity contribution < 1.29 is 9.59 Å². The second-order valence-electron chi connectivity index (χ2n) is 4.32. The first-order valence-corrected chi connectivity index (χ1v) is 5.95. The van der Waals surface area contributed by atoms with E-state index in [4.69, 9.17) is 5.73 Å². The first kappa shape index (κ1) is 13.1. The van der Waals surface area contributed by atoms with Crippen LogP contribution in [0.25, 0.3) is 0 Å². The summed E-state index contributed by atoms with van der Waals surface area (Å²) >= 11 is 0. The molecular weight excluding hydrogens is 242 g/mol. The van der Waals surface area contributed by atoms with Crippen molar-refractivity contribution in [2.24, 2.45) is 5.73 Å². The van der Waals surface area contributed by atoms with Crippen LogP contribution >= 0.6 is 0 Å². The van der Waals surface area contributed by atoms with E-state index in [9.17, 15) is 9.59 Å². The zero-order valence-electron chi connectivity index (χ0n) is 10.7. The number of carbonyl (C=O) groups is 2. The molecule has 98 valence electrons. The van der Waals surface area contributed by atoms with E-state index < -0.39 is 0 Å². The molecule has 0 bridgehead atoms. The zero-order valence-corrected chi connectivity index (χ0v) is 10.7. The lowest BCUT2D eigenvalue weighted by atomic mass is 10.1. The lowest BCUT2D eigenvalue weighted by Gasteiger charge is -2.13. The third-order valence-electron chi connectivity index (χ3n) is 2.86. The Morgan fingerprint density at radius 3 is 2.47 bits per heavy atom. The second kappa shape index (κ2) is 5.55. The molecule has 5 heteroatoms. The molecule has 0 aliphatic carbocycles. The van der Waals surface area contributed by atoms with Crippen LogP contribution in [-0.2, 0) is 11.3 Å². The predicted molar refractivity (Wildman–Crippen MR) is 71.0 cm³/mol. The summed E-state index contributed by atoms with van der Waals surface area (Å²) in [5.41, 5.74) is 7.06. The van der Waals surface area contributed by atoms with Crippen molar-refractivity contribution in [1.82, 2.24) is 9.80 Å². The number of imide groups is 1. The van der Waals surface area contributed by atoms with Gasteiger partial charge in [-0.15, -0.1) is 0 Å². The molecule has 1 saturated heterocycles. The van der Waals surface area contributed by atoms with Gasteiger partial charge in [-0.25, -0.2) is 4.79 Å². The first-order valence-electron chi connectivity index (χ1n) is 5.95. The van der Waals surface area contributed by atoms with Gasteiger partial charge in [-0.3, -0.25) is 9.69 Å². The molecule has 1 aliphatic rings. The molecule has 0 radical (unpaired) electrons. The van der Waals surface area contributed by atoms with Gasteiger partial charge in [0.25, 0.3) is 5.91 Å². The van der Waals surface area contributed by atoms with Gasteiger partial charge in [0.2, 0.25) is 0 Å². The molecule has 3 amide bonds. The van der Waals surface area contributed by atoms with Gasteiger partial charge in [0.15, 0.2) is 0 Å². The highest BCUT2D eigenvalue weighted by molar-refractivity contribution is 6.01. The van der Waals surface area contributed by atoms with Crippen LogP contribution in [0.5, 0.6) is 0 Å². The summed E-state index contributed by atoms with van der Waals surface area (Å²) in [5, 5.41) is 0. The van der Waals surface area contributed by atoms with Crippen molar-refractivity contribution in [3.05, 3.63) is 35.4 Å². The fraction of sp³-hybridized carbons (Fsp3) is 0.286. The topological polar surface area (TPSA) is 66.6 Å². The molecule has 0 unspecified atom stereocenters. The van der Waals surface area contributed by atoms with E-state index in [1.807, 2.05) is 24.3 Å². The molecule has 1 aromatic rings. The predicted octanol–water partition coefficient (Wildman–Crippen LogP) is 0.391. The van der Waals surface area contributed by atoms with Crippen LogP contribution in [0.4, 0.5) is 4.79 Å². The van der Waals surface area contributed by atoms with E-state index in [1.165, 1.54) is 9.80 Å². The maximum absolute atomic E-state index is 11.7. The smallest absolute Gasteiger partial charge is 0.320 e. The van der Waals surface area contributed by atoms with E-state index in [1.54, 1.807) is 7.05 Å². The van der Waals surface area contributed by atoms with Crippen molar-refractivity contribution in [1.29, 1.82) is 0 Å². The fourth-order valence-electron chi connectivity index (χ4n) is 1.85. The Hall–Kier alpha value is -2.32. The Morgan fingerprint density at radius 2 is 1.95 bits per heavy atom. The third kappa shape index (κ3) is 2.92. The van der Waals surface area contributed by atoms with Crippen LogP contribution in [0.15, 0.2) is 24.3 Å². The molecule has 1 aromatic carbocycles. The molecule has 0 spiro atoms. The van der Waals surface area contributed by atoms with Crippen molar-refractivity contribution in [2.75, 3.05) is 20.1 Å². The maximum atomic E-state index is 11.7. The molecule has 5 nitrogen and oxygen atoms in total. The van der Waals surface area contributed by atoms with E-state index in [0.29, 0.717) is 13.1 Å². The minimum atomic E-state index is -0.253. The number of hydrogen-bond donors (Lipinski definition) is 1. The number of nitrogens with two attached hydrogens (primary N) is 1. The van der Waals surface area contributed by atoms with Gasteiger partial charge in [-0.05, 0) is 17.7 Å². The fourth-order valence-corrected chi connectivity index (χ4v) is 1.85. The standard InChI is InChI=1S/C14H15N3O2/c1-16-10-13(18)17(14(16)19)9-12-6-4-11(5-7-12)3-2-8-15/h4-7H,8-10,15H2,1H3. The van der Waals surface area contributed by atoms with Gasteiger partial charge in [0.1, 0.15) is 6.54 Å². The van der Waals surface area contributed by atoms with E-state index in [0.717, 1.165) is 11.1 Å². The molecule has 2 N–H and O–H groups in total. The van der Waals surface area contributed by atoms with Gasteiger partial charge in [-0.1, -0.05) is 24.0 Å². The van der Waals surface area contributed by atoms with Crippen LogP contribution in [0, 0.1) is 11.8 Å². The molecule has 0 aromatic heterocycles. The molecule has 0 saturated carbocycles. The lowest BCUT2D eigenvalue weighted by molar-refractivity contribution is -0.125. The van der Waals surface area contributed by atoms with E-state index in [-0.39, 0.29) is 18.5 Å². The van der Waals surface area contributed by atoms with Crippen LogP contribution in [-0.4, -0.2) is 41.9 Å². The summed E-state index contributed by atoms with van der Waals surface area (Å²) < 4.78 is 0. The molecule has 19 heavy (non-hydrogen) atoms. The molecule has 1 fully saturated rings. The SMILES string of the molecule is CN1CC(=O)N(Cc2ccc(C#CCN)cc2)C1=O. The molecule has 1 aliphatic heterocycles. The van der Waals surface area contributed by atoms with Gasteiger partial charge < -0.3 is 10.6 Å². The normalized spacial score (nSPS) is 14.6. The van der Waals surface area contributed by atoms with Crippen LogP contribution in [0.1, 0.15) is 11.1 Å². The first-order chi connectivity index (χ1) is 9.11. The average molecular weight is 257 g/mol. The summed E-state index contributed by atoms with van der Waals surface area (Å²) in [5.74, 6) is 5.52. The Bertz CT molecular complexity index is 554. The molecule has 1 heterocycles. The summed E-state index contributed by atoms with van der Waals surface area (Å²) in [6.07, 6.45) is 0. The monoisotopic (exact) mass is 257 g/mol.